The molecule has 1 unspecified atom stereocenters. The van der Waals surface area contributed by atoms with Crippen LogP contribution in [-0.2, 0) is 17.3 Å². The Kier molecular flexibility index (Phi) is 4.67. The second-order valence-electron chi connectivity index (χ2n) is 7.25. The summed E-state index contributed by atoms with van der Waals surface area (Å²) in [6.07, 6.45) is -0.159. The molecule has 0 aliphatic carbocycles. The van der Waals surface area contributed by atoms with Gasteiger partial charge in [0.1, 0.15) is 11.2 Å². The third-order valence-corrected chi connectivity index (χ3v) is 5.35. The quantitative estimate of drug-likeness (QED) is 0.550. The molecule has 2 aliphatic heterocycles. The van der Waals surface area contributed by atoms with Gasteiger partial charge < -0.3 is 4.90 Å². The number of rotatable bonds is 3. The average molecular weight is 434 g/mol. The normalized spacial score (nSPS) is 22.5. The smallest absolute Gasteiger partial charge is 0.335 e. The Morgan fingerprint density at radius 1 is 1.24 bits per heavy atom. The summed E-state index contributed by atoms with van der Waals surface area (Å²) < 4.78 is 57.2. The van der Waals surface area contributed by atoms with E-state index >= 15 is 0 Å². The van der Waals surface area contributed by atoms with Crippen LogP contribution in [0.4, 0.5) is 17.6 Å². The van der Waals surface area contributed by atoms with Gasteiger partial charge in [0.2, 0.25) is 11.7 Å². The van der Waals surface area contributed by atoms with E-state index in [1.54, 1.807) is 6.07 Å². The van der Waals surface area contributed by atoms with Crippen molar-refractivity contribution < 1.29 is 22.4 Å². The van der Waals surface area contributed by atoms with E-state index in [2.05, 4.69) is 10.1 Å². The molecule has 1 amide bonds. The predicted molar refractivity (Wildman–Crippen MR) is 93.1 cm³/mol. The number of carbonyl (C=O) groups is 1. The molecule has 2 aromatic rings. The Labute approximate surface area is 166 Å². The van der Waals surface area contributed by atoms with E-state index < -0.39 is 54.7 Å². The highest BCUT2D eigenvalue weighted by molar-refractivity contribution is 6.29. The monoisotopic (exact) mass is 433 g/mol. The number of nitrogens with zero attached hydrogens (tertiary/aromatic N) is 5. The lowest BCUT2D eigenvalue weighted by Crippen LogP contribution is -2.44. The molecular formula is C17H16ClF4N5O2. The summed E-state index contributed by atoms with van der Waals surface area (Å²) in [5.41, 5.74) is -0.407. The van der Waals surface area contributed by atoms with Crippen molar-refractivity contribution in [2.45, 2.75) is 43.7 Å². The fraction of sp³-hybridized carbons (Fsp3) is 0.529. The average Bonchev–Trinajstić information content (AvgIpc) is 3.18. The predicted octanol–water partition coefficient (Wildman–Crippen LogP) is 2.44. The van der Waals surface area contributed by atoms with Crippen LogP contribution in [0.5, 0.6) is 0 Å². The van der Waals surface area contributed by atoms with Crippen LogP contribution in [0.3, 0.4) is 0 Å². The molecule has 1 saturated heterocycles. The Morgan fingerprint density at radius 3 is 2.62 bits per heavy atom. The van der Waals surface area contributed by atoms with Gasteiger partial charge in [-0.1, -0.05) is 17.7 Å². The summed E-state index contributed by atoms with van der Waals surface area (Å²) in [5.74, 6) is -8.03. The third-order valence-electron chi connectivity index (χ3n) is 5.13. The largest absolute Gasteiger partial charge is 0.347 e. The molecule has 2 aliphatic rings. The molecule has 4 heterocycles. The number of fused-ring (bicyclic) bond motifs is 1. The fourth-order valence-electron chi connectivity index (χ4n) is 3.65. The summed E-state index contributed by atoms with van der Waals surface area (Å²) >= 11 is 5.71. The van der Waals surface area contributed by atoms with Crippen molar-refractivity contribution >= 4 is 17.5 Å². The first-order valence-corrected chi connectivity index (χ1v) is 9.30. The Bertz CT molecular complexity index is 1000. The minimum atomic E-state index is -3.41. The zero-order valence-electron chi connectivity index (χ0n) is 15.0. The maximum atomic E-state index is 14.4. The fourth-order valence-corrected chi connectivity index (χ4v) is 3.77. The molecule has 0 aromatic carbocycles. The van der Waals surface area contributed by atoms with Gasteiger partial charge in [0, 0.05) is 25.6 Å². The van der Waals surface area contributed by atoms with Gasteiger partial charge in [-0.05, 0) is 18.1 Å². The zero-order chi connectivity index (χ0) is 21.0. The lowest BCUT2D eigenvalue weighted by molar-refractivity contribution is -0.138. The first kappa shape index (κ1) is 19.9. The molecule has 0 saturated carbocycles. The second kappa shape index (κ2) is 6.82. The van der Waals surface area contributed by atoms with Crippen LogP contribution in [0, 0.1) is 0 Å². The number of aromatic nitrogens is 4. The van der Waals surface area contributed by atoms with Gasteiger partial charge in [-0.15, -0.1) is 5.10 Å². The van der Waals surface area contributed by atoms with Gasteiger partial charge in [0.15, 0.2) is 0 Å². The highest BCUT2D eigenvalue weighted by Crippen LogP contribution is 2.40. The van der Waals surface area contributed by atoms with Crippen LogP contribution >= 0.6 is 11.6 Å². The molecule has 0 N–H and O–H groups in total. The highest BCUT2D eigenvalue weighted by Gasteiger charge is 2.49. The molecule has 156 valence electrons. The van der Waals surface area contributed by atoms with Crippen LogP contribution in [-0.4, -0.2) is 49.2 Å². The van der Waals surface area contributed by atoms with Gasteiger partial charge in [0.05, 0.1) is 13.1 Å². The number of likely N-dealkylation sites (tertiary alicyclic amines) is 1. The van der Waals surface area contributed by atoms with E-state index in [1.807, 2.05) is 0 Å². The van der Waals surface area contributed by atoms with E-state index in [-0.39, 0.29) is 24.7 Å². The number of alkyl halides is 4. The maximum Gasteiger partial charge on any atom is 0.347 e. The van der Waals surface area contributed by atoms with Crippen molar-refractivity contribution in [3.05, 3.63) is 45.4 Å². The third kappa shape index (κ3) is 3.63. The van der Waals surface area contributed by atoms with Crippen LogP contribution in [0.1, 0.15) is 36.7 Å². The van der Waals surface area contributed by atoms with Crippen LogP contribution < -0.4 is 5.69 Å². The van der Waals surface area contributed by atoms with Crippen LogP contribution in [0.25, 0.3) is 0 Å². The van der Waals surface area contributed by atoms with Crippen molar-refractivity contribution in [1.29, 1.82) is 0 Å². The first-order valence-electron chi connectivity index (χ1n) is 8.92. The molecule has 7 nitrogen and oxygen atoms in total. The van der Waals surface area contributed by atoms with Crippen molar-refractivity contribution in [3.63, 3.8) is 0 Å². The van der Waals surface area contributed by atoms with Gasteiger partial charge in [-0.25, -0.2) is 23.2 Å². The van der Waals surface area contributed by atoms with Gasteiger partial charge in [0.25, 0.3) is 5.92 Å². The van der Waals surface area contributed by atoms with Gasteiger partial charge >= 0.3 is 11.6 Å². The number of hydrogen-bond donors (Lipinski definition) is 0. The van der Waals surface area contributed by atoms with Gasteiger partial charge in [-0.3, -0.25) is 9.36 Å². The second-order valence-corrected chi connectivity index (χ2v) is 7.63. The molecule has 0 spiro atoms. The Morgan fingerprint density at radius 2 is 2.00 bits per heavy atom. The minimum absolute atomic E-state index is 0.151. The lowest BCUT2D eigenvalue weighted by atomic mass is 10.0. The summed E-state index contributed by atoms with van der Waals surface area (Å²) in [6.45, 7) is -1.12. The van der Waals surface area contributed by atoms with E-state index in [4.69, 9.17) is 11.6 Å². The molecule has 0 bridgehead atoms. The number of hydrogen-bond acceptors (Lipinski definition) is 4. The lowest BCUT2D eigenvalue weighted by Gasteiger charge is -2.30. The van der Waals surface area contributed by atoms with E-state index in [1.165, 1.54) is 12.3 Å². The Balaban J connectivity index is 1.69. The summed E-state index contributed by atoms with van der Waals surface area (Å²) in [6, 6.07) is 1.75. The summed E-state index contributed by atoms with van der Waals surface area (Å²) in [4.78, 5) is 30.3. The summed E-state index contributed by atoms with van der Waals surface area (Å²) in [5, 5.41) is 3.97. The van der Waals surface area contributed by atoms with Crippen LogP contribution in [0.15, 0.2) is 23.1 Å². The van der Waals surface area contributed by atoms with E-state index in [0.717, 1.165) is 9.58 Å². The topological polar surface area (TPSA) is 73.0 Å². The molecular weight excluding hydrogens is 418 g/mol. The SMILES string of the molecule is O=C(C1CCC(F)(F)c2nn(Cc3ccc(Cl)nc3)c(=O)n21)N1CCC(F)(F)C1. The first-order chi connectivity index (χ1) is 13.6. The number of carbonyl (C=O) groups excluding carboxylic acids is 1. The number of halogens is 5. The molecule has 0 radical (unpaired) electrons. The molecule has 2 aromatic heterocycles. The molecule has 12 heteroatoms. The van der Waals surface area contributed by atoms with Crippen molar-refractivity contribution in [3.8, 4) is 0 Å². The molecule has 4 rings (SSSR count). The Hall–Kier alpha value is -2.43. The molecule has 1 fully saturated rings. The number of pyridine rings is 1. The minimum Gasteiger partial charge on any atom is -0.335 e. The van der Waals surface area contributed by atoms with Crippen molar-refractivity contribution in [2.24, 2.45) is 0 Å². The van der Waals surface area contributed by atoms with Gasteiger partial charge in [-0.2, -0.15) is 8.78 Å². The summed E-state index contributed by atoms with van der Waals surface area (Å²) in [7, 11) is 0. The van der Waals surface area contributed by atoms with Crippen molar-refractivity contribution in [1.82, 2.24) is 24.2 Å². The van der Waals surface area contributed by atoms with Crippen LogP contribution in [0.2, 0.25) is 5.15 Å². The number of amides is 1. The standard InChI is InChI=1S/C17H16ClF4N5O2/c18-12-2-1-10(7-23-12)8-26-15(29)27-11(3-4-17(21,22)14(27)24-26)13(28)25-6-5-16(19,20)9-25/h1-2,7,11H,3-6,8-9H2. The zero-order valence-corrected chi connectivity index (χ0v) is 15.8. The highest BCUT2D eigenvalue weighted by atomic mass is 35.5. The van der Waals surface area contributed by atoms with Crippen molar-refractivity contribution in [2.75, 3.05) is 13.1 Å². The molecule has 29 heavy (non-hydrogen) atoms. The van der Waals surface area contributed by atoms with E-state index in [0.29, 0.717) is 10.1 Å². The maximum absolute atomic E-state index is 14.4. The molecule has 1 atom stereocenters. The van der Waals surface area contributed by atoms with E-state index in [9.17, 15) is 27.2 Å².